The number of amides is 1. The normalized spacial score (nSPS) is 18.5. The molecular weight excluding hydrogens is 462 g/mol. The Bertz CT molecular complexity index is 1280. The first-order chi connectivity index (χ1) is 17.6. The van der Waals surface area contributed by atoms with Crippen LogP contribution in [0.5, 0.6) is 17.2 Å². The van der Waals surface area contributed by atoms with Crippen LogP contribution in [-0.2, 0) is 16.1 Å². The molecule has 1 fully saturated rings. The third-order valence-corrected chi connectivity index (χ3v) is 6.22. The van der Waals surface area contributed by atoms with Crippen molar-refractivity contribution in [2.24, 2.45) is 0 Å². The molecule has 1 saturated heterocycles. The molecular formula is C28H27NO7. The maximum absolute atomic E-state index is 13.3. The zero-order valence-electron chi connectivity index (χ0n) is 19.9. The lowest BCUT2D eigenvalue weighted by atomic mass is 9.95. The third-order valence-electron chi connectivity index (χ3n) is 6.22. The number of benzene rings is 2. The molecule has 1 aromatic heterocycles. The van der Waals surface area contributed by atoms with E-state index in [-0.39, 0.29) is 17.9 Å². The number of furan rings is 1. The van der Waals surface area contributed by atoms with Gasteiger partial charge in [-0.1, -0.05) is 25.5 Å². The van der Waals surface area contributed by atoms with E-state index in [1.54, 1.807) is 30.3 Å². The molecule has 3 aromatic rings. The number of carbonyl (C=O) groups excluding carboxylic acids is 2. The lowest BCUT2D eigenvalue weighted by Crippen LogP contribution is -2.29. The summed E-state index contributed by atoms with van der Waals surface area (Å²) in [4.78, 5) is 27.8. The molecule has 1 amide bonds. The summed E-state index contributed by atoms with van der Waals surface area (Å²) in [6.07, 6.45) is 3.48. The number of aliphatic hydroxyl groups excluding tert-OH is 1. The van der Waals surface area contributed by atoms with Crippen molar-refractivity contribution < 1.29 is 33.3 Å². The summed E-state index contributed by atoms with van der Waals surface area (Å²) in [7, 11) is 0. The number of hydrogen-bond donors (Lipinski definition) is 1. The van der Waals surface area contributed by atoms with Gasteiger partial charge >= 0.3 is 0 Å². The number of nitrogens with zero attached hydrogens (tertiary/aromatic N) is 1. The number of Topliss-reactive ketones (excluding diaryl/α,β-unsaturated/α-hetero) is 1. The second-order valence-electron chi connectivity index (χ2n) is 8.64. The van der Waals surface area contributed by atoms with Crippen LogP contribution in [0.2, 0.25) is 0 Å². The molecule has 0 bridgehead atoms. The van der Waals surface area contributed by atoms with E-state index in [9.17, 15) is 14.7 Å². The van der Waals surface area contributed by atoms with Gasteiger partial charge in [0.05, 0.1) is 31.0 Å². The molecule has 1 N–H and O–H groups in total. The minimum Gasteiger partial charge on any atom is -0.507 e. The van der Waals surface area contributed by atoms with Gasteiger partial charge in [0.15, 0.2) is 11.5 Å². The molecule has 8 heteroatoms. The van der Waals surface area contributed by atoms with E-state index in [2.05, 4.69) is 6.92 Å². The molecule has 2 aliphatic rings. The first-order valence-corrected chi connectivity index (χ1v) is 12.0. The molecule has 0 aliphatic carbocycles. The Morgan fingerprint density at radius 2 is 1.83 bits per heavy atom. The highest BCUT2D eigenvalue weighted by molar-refractivity contribution is 6.46. The van der Waals surface area contributed by atoms with Crippen LogP contribution in [0.1, 0.15) is 42.7 Å². The summed E-state index contributed by atoms with van der Waals surface area (Å²) in [6.45, 7) is 3.61. The highest BCUT2D eigenvalue weighted by atomic mass is 16.6. The Morgan fingerprint density at radius 3 is 2.56 bits per heavy atom. The second-order valence-corrected chi connectivity index (χ2v) is 8.64. The fraction of sp³-hybridized carbons (Fsp3) is 0.286. The van der Waals surface area contributed by atoms with Crippen molar-refractivity contribution in [1.29, 1.82) is 0 Å². The summed E-state index contributed by atoms with van der Waals surface area (Å²) in [5.74, 6) is 0.510. The van der Waals surface area contributed by atoms with Crippen LogP contribution in [0.4, 0.5) is 0 Å². The third kappa shape index (κ3) is 4.54. The van der Waals surface area contributed by atoms with Crippen molar-refractivity contribution in [3.05, 3.63) is 83.3 Å². The average Bonchev–Trinajstić information content (AvgIpc) is 3.51. The summed E-state index contributed by atoms with van der Waals surface area (Å²) in [5, 5.41) is 11.3. The Hall–Kier alpha value is -4.20. The van der Waals surface area contributed by atoms with E-state index in [1.165, 1.54) is 11.2 Å². The van der Waals surface area contributed by atoms with Crippen LogP contribution in [0.15, 0.2) is 70.9 Å². The van der Waals surface area contributed by atoms with Crippen LogP contribution in [0, 0.1) is 0 Å². The van der Waals surface area contributed by atoms with Gasteiger partial charge in [-0.25, -0.2) is 0 Å². The van der Waals surface area contributed by atoms with Crippen LogP contribution in [0.25, 0.3) is 5.76 Å². The molecule has 5 rings (SSSR count). The maximum Gasteiger partial charge on any atom is 0.296 e. The van der Waals surface area contributed by atoms with Crippen molar-refractivity contribution in [2.45, 2.75) is 32.4 Å². The number of rotatable bonds is 8. The van der Waals surface area contributed by atoms with Crippen LogP contribution < -0.4 is 14.2 Å². The minimum atomic E-state index is -0.812. The zero-order chi connectivity index (χ0) is 25.1. The lowest BCUT2D eigenvalue weighted by molar-refractivity contribution is -0.140. The fourth-order valence-electron chi connectivity index (χ4n) is 4.39. The van der Waals surface area contributed by atoms with Gasteiger partial charge in [0.1, 0.15) is 30.5 Å². The van der Waals surface area contributed by atoms with Crippen molar-refractivity contribution in [3.63, 3.8) is 0 Å². The molecule has 8 nitrogen and oxygen atoms in total. The second kappa shape index (κ2) is 10.2. The predicted octanol–water partition coefficient (Wildman–Crippen LogP) is 4.85. The molecule has 0 saturated carbocycles. The van der Waals surface area contributed by atoms with Crippen molar-refractivity contribution in [2.75, 3.05) is 19.8 Å². The topological polar surface area (TPSA) is 98.4 Å². The Morgan fingerprint density at radius 1 is 1.06 bits per heavy atom. The molecule has 2 aromatic carbocycles. The Kier molecular flexibility index (Phi) is 6.66. The van der Waals surface area contributed by atoms with Gasteiger partial charge < -0.3 is 28.6 Å². The largest absolute Gasteiger partial charge is 0.507 e. The number of hydrogen-bond acceptors (Lipinski definition) is 7. The minimum absolute atomic E-state index is 0.00267. The molecule has 186 valence electrons. The number of ketones is 1. The number of unbranched alkanes of at least 4 members (excludes halogenated alkanes) is 1. The molecule has 1 atom stereocenters. The van der Waals surface area contributed by atoms with Gasteiger partial charge in [-0.15, -0.1) is 0 Å². The molecule has 2 aliphatic heterocycles. The highest BCUT2D eigenvalue weighted by Gasteiger charge is 2.46. The summed E-state index contributed by atoms with van der Waals surface area (Å²) in [5.41, 5.74) is 1.03. The molecule has 36 heavy (non-hydrogen) atoms. The van der Waals surface area contributed by atoms with Crippen molar-refractivity contribution in [3.8, 4) is 17.2 Å². The lowest BCUT2D eigenvalue weighted by Gasteiger charge is -2.25. The summed E-state index contributed by atoms with van der Waals surface area (Å²) >= 11 is 0. The molecule has 0 unspecified atom stereocenters. The first kappa shape index (κ1) is 23.5. The number of carbonyl (C=O) groups is 2. The average molecular weight is 490 g/mol. The number of likely N-dealkylation sites (tertiary alicyclic amines) is 1. The predicted molar refractivity (Wildman–Crippen MR) is 131 cm³/mol. The van der Waals surface area contributed by atoms with E-state index in [4.69, 9.17) is 18.6 Å². The van der Waals surface area contributed by atoms with E-state index < -0.39 is 17.7 Å². The number of fused-ring (bicyclic) bond motifs is 1. The Labute approximate surface area is 208 Å². The quantitative estimate of drug-likeness (QED) is 0.209. The van der Waals surface area contributed by atoms with E-state index in [1.807, 2.05) is 24.3 Å². The zero-order valence-corrected chi connectivity index (χ0v) is 19.9. The van der Waals surface area contributed by atoms with Gasteiger partial charge in [0.2, 0.25) is 0 Å². The summed E-state index contributed by atoms with van der Waals surface area (Å²) in [6, 6.07) is 14.8. The van der Waals surface area contributed by atoms with Gasteiger partial charge in [-0.2, -0.15) is 0 Å². The SMILES string of the molecule is CCCCOc1ccc([C@@H]2C(=C(O)c3ccc4c(c3)OCCO4)C(=O)C(=O)N2Cc2ccco2)cc1. The van der Waals surface area contributed by atoms with E-state index >= 15 is 0 Å². The van der Waals surface area contributed by atoms with Crippen LogP contribution in [0.3, 0.4) is 0 Å². The van der Waals surface area contributed by atoms with Crippen LogP contribution >= 0.6 is 0 Å². The molecule has 0 spiro atoms. The van der Waals surface area contributed by atoms with Crippen molar-refractivity contribution in [1.82, 2.24) is 4.90 Å². The van der Waals surface area contributed by atoms with Crippen LogP contribution in [-0.4, -0.2) is 41.5 Å². The first-order valence-electron chi connectivity index (χ1n) is 12.0. The van der Waals surface area contributed by atoms with E-state index in [0.29, 0.717) is 54.0 Å². The van der Waals surface area contributed by atoms with Gasteiger partial charge in [-0.05, 0) is 54.4 Å². The van der Waals surface area contributed by atoms with Crippen molar-refractivity contribution >= 4 is 17.4 Å². The molecule has 0 radical (unpaired) electrons. The number of ether oxygens (including phenoxy) is 3. The van der Waals surface area contributed by atoms with E-state index in [0.717, 1.165) is 12.8 Å². The maximum atomic E-state index is 13.3. The number of aliphatic hydroxyl groups is 1. The smallest absolute Gasteiger partial charge is 0.296 e. The highest BCUT2D eigenvalue weighted by Crippen LogP contribution is 2.42. The summed E-state index contributed by atoms with van der Waals surface area (Å²) < 4.78 is 22.4. The molecule has 3 heterocycles. The standard InChI is InChI=1S/C28H27NO7/c1-2-3-12-33-20-9-6-18(7-10-20)25-24(27(31)28(32)29(25)17-21-5-4-13-34-21)26(30)19-8-11-22-23(16-19)36-15-14-35-22/h4-11,13,16,25,30H,2-3,12,14-15,17H2,1H3/t25-/m1/s1. The monoisotopic (exact) mass is 489 g/mol. The fourth-order valence-corrected chi connectivity index (χ4v) is 4.39. The van der Waals surface area contributed by atoms with Gasteiger partial charge in [0, 0.05) is 5.56 Å². The Balaban J connectivity index is 1.55. The van der Waals surface area contributed by atoms with Gasteiger partial charge in [0.25, 0.3) is 11.7 Å². The van der Waals surface area contributed by atoms with Gasteiger partial charge in [-0.3, -0.25) is 9.59 Å².